The molecule has 74 valence electrons. The summed E-state index contributed by atoms with van der Waals surface area (Å²) in [6, 6.07) is 6.59. The van der Waals surface area contributed by atoms with Crippen molar-refractivity contribution in [3.8, 4) is 0 Å². The van der Waals surface area contributed by atoms with Gasteiger partial charge in [-0.1, -0.05) is 26.0 Å². The van der Waals surface area contributed by atoms with E-state index < -0.39 is 0 Å². The van der Waals surface area contributed by atoms with Crippen LogP contribution in [0.3, 0.4) is 0 Å². The second-order valence-electron chi connectivity index (χ2n) is 4.26. The molecule has 0 aliphatic carbocycles. The Balaban J connectivity index is 2.44. The highest BCUT2D eigenvalue weighted by molar-refractivity contribution is 5.79. The molecule has 0 bridgehead atoms. The van der Waals surface area contributed by atoms with Crippen LogP contribution in [0.2, 0.25) is 0 Å². The number of aromatic nitrogens is 2. The van der Waals surface area contributed by atoms with E-state index in [0.29, 0.717) is 5.92 Å². The number of hydrogen-bond acceptors (Lipinski definition) is 1. The number of benzene rings is 1. The van der Waals surface area contributed by atoms with E-state index in [1.54, 1.807) is 0 Å². The summed E-state index contributed by atoms with van der Waals surface area (Å²) in [5.41, 5.74) is 2.62. The van der Waals surface area contributed by atoms with E-state index in [2.05, 4.69) is 37.1 Å². The molecule has 2 nitrogen and oxygen atoms in total. The van der Waals surface area contributed by atoms with Crippen LogP contribution >= 0.6 is 0 Å². The largest absolute Gasteiger partial charge is 0.268 e. The van der Waals surface area contributed by atoms with Crippen molar-refractivity contribution >= 4 is 10.9 Å². The third-order valence-electron chi connectivity index (χ3n) is 2.46. The van der Waals surface area contributed by atoms with Gasteiger partial charge in [0, 0.05) is 12.4 Å². The zero-order chi connectivity index (χ0) is 10.1. The molecule has 0 saturated carbocycles. The predicted molar refractivity (Wildman–Crippen MR) is 59.3 cm³/mol. The van der Waals surface area contributed by atoms with E-state index in [1.807, 2.05) is 17.9 Å². The maximum absolute atomic E-state index is 4.23. The molecule has 0 spiro atoms. The highest BCUT2D eigenvalue weighted by Crippen LogP contribution is 2.17. The van der Waals surface area contributed by atoms with Crippen molar-refractivity contribution in [2.45, 2.75) is 20.3 Å². The van der Waals surface area contributed by atoms with Crippen molar-refractivity contribution in [1.82, 2.24) is 9.78 Å². The van der Waals surface area contributed by atoms with Gasteiger partial charge in [0.15, 0.2) is 0 Å². The number of rotatable bonds is 2. The normalized spacial score (nSPS) is 11.4. The highest BCUT2D eigenvalue weighted by atomic mass is 15.2. The summed E-state index contributed by atoms with van der Waals surface area (Å²) in [5, 5.41) is 5.45. The average Bonchev–Trinajstić information content (AvgIpc) is 2.47. The summed E-state index contributed by atoms with van der Waals surface area (Å²) in [6.07, 6.45) is 3.05. The molecule has 1 heterocycles. The van der Waals surface area contributed by atoms with Gasteiger partial charge in [-0.2, -0.15) is 5.10 Å². The lowest BCUT2D eigenvalue weighted by Crippen LogP contribution is -1.95. The third kappa shape index (κ3) is 1.65. The highest BCUT2D eigenvalue weighted by Gasteiger charge is 2.02. The van der Waals surface area contributed by atoms with Gasteiger partial charge >= 0.3 is 0 Å². The number of fused-ring (bicyclic) bond motifs is 1. The molecule has 0 amide bonds. The van der Waals surface area contributed by atoms with E-state index >= 15 is 0 Å². The van der Waals surface area contributed by atoms with Crippen LogP contribution < -0.4 is 0 Å². The van der Waals surface area contributed by atoms with E-state index in [0.717, 1.165) is 6.42 Å². The predicted octanol–water partition coefficient (Wildman–Crippen LogP) is 2.77. The molecule has 0 aliphatic rings. The van der Waals surface area contributed by atoms with Crippen LogP contribution in [0.1, 0.15) is 19.4 Å². The van der Waals surface area contributed by atoms with Gasteiger partial charge in [0.05, 0.1) is 11.7 Å². The minimum atomic E-state index is 0.709. The summed E-state index contributed by atoms with van der Waals surface area (Å²) < 4.78 is 1.93. The summed E-state index contributed by atoms with van der Waals surface area (Å²) in [5.74, 6) is 0.709. The van der Waals surface area contributed by atoms with Gasteiger partial charge < -0.3 is 0 Å². The maximum atomic E-state index is 4.23. The van der Waals surface area contributed by atoms with Crippen LogP contribution in [-0.4, -0.2) is 9.78 Å². The maximum Gasteiger partial charge on any atom is 0.0681 e. The van der Waals surface area contributed by atoms with Gasteiger partial charge in [0.25, 0.3) is 0 Å². The number of aryl methyl sites for hydroxylation is 1. The third-order valence-corrected chi connectivity index (χ3v) is 2.46. The Hall–Kier alpha value is -1.31. The van der Waals surface area contributed by atoms with E-state index in [-0.39, 0.29) is 0 Å². The Morgan fingerprint density at radius 2 is 2.14 bits per heavy atom. The SMILES string of the molecule is CC(C)Cc1ccc2cnn(C)c2c1. The van der Waals surface area contributed by atoms with Gasteiger partial charge in [-0.3, -0.25) is 4.68 Å². The molecule has 0 unspecified atom stereocenters. The molecule has 0 fully saturated rings. The Morgan fingerprint density at radius 1 is 1.36 bits per heavy atom. The first-order valence-corrected chi connectivity index (χ1v) is 5.07. The summed E-state index contributed by atoms with van der Waals surface area (Å²) in [6.45, 7) is 4.49. The van der Waals surface area contributed by atoms with Gasteiger partial charge in [-0.25, -0.2) is 0 Å². The molecule has 0 radical (unpaired) electrons. The fourth-order valence-electron chi connectivity index (χ4n) is 1.79. The molecule has 2 heteroatoms. The topological polar surface area (TPSA) is 17.8 Å². The Bertz CT molecular complexity index is 441. The van der Waals surface area contributed by atoms with Crippen LogP contribution in [-0.2, 0) is 13.5 Å². The first-order chi connectivity index (χ1) is 6.66. The summed E-state index contributed by atoms with van der Waals surface area (Å²) >= 11 is 0. The van der Waals surface area contributed by atoms with Gasteiger partial charge in [-0.15, -0.1) is 0 Å². The average molecular weight is 188 g/mol. The first-order valence-electron chi connectivity index (χ1n) is 5.07. The minimum Gasteiger partial charge on any atom is -0.268 e. The van der Waals surface area contributed by atoms with Crippen molar-refractivity contribution in [2.75, 3.05) is 0 Å². The van der Waals surface area contributed by atoms with E-state index in [9.17, 15) is 0 Å². The second-order valence-corrected chi connectivity index (χ2v) is 4.26. The summed E-state index contributed by atoms with van der Waals surface area (Å²) in [7, 11) is 1.99. The van der Waals surface area contributed by atoms with Crippen LogP contribution in [0.15, 0.2) is 24.4 Å². The second kappa shape index (κ2) is 3.45. The molecule has 0 N–H and O–H groups in total. The molecule has 0 saturated heterocycles. The lowest BCUT2D eigenvalue weighted by atomic mass is 10.0. The lowest BCUT2D eigenvalue weighted by molar-refractivity contribution is 0.647. The van der Waals surface area contributed by atoms with Gasteiger partial charge in [-0.05, 0) is 24.0 Å². The van der Waals surface area contributed by atoms with E-state index in [1.165, 1.54) is 16.5 Å². The molecular formula is C12H16N2. The molecule has 14 heavy (non-hydrogen) atoms. The lowest BCUT2D eigenvalue weighted by Gasteiger charge is -2.05. The van der Waals surface area contributed by atoms with Gasteiger partial charge in [0.2, 0.25) is 0 Å². The minimum absolute atomic E-state index is 0.709. The molecule has 1 aromatic heterocycles. The molecule has 2 rings (SSSR count). The Labute approximate surface area is 84.5 Å². The molecule has 0 aliphatic heterocycles. The van der Waals surface area contributed by atoms with Crippen LogP contribution in [0.5, 0.6) is 0 Å². The van der Waals surface area contributed by atoms with Crippen molar-refractivity contribution in [1.29, 1.82) is 0 Å². The Kier molecular flexibility index (Phi) is 2.28. The van der Waals surface area contributed by atoms with Crippen LogP contribution in [0, 0.1) is 5.92 Å². The molecule has 1 aromatic carbocycles. The quantitative estimate of drug-likeness (QED) is 0.708. The van der Waals surface area contributed by atoms with E-state index in [4.69, 9.17) is 0 Å². The first kappa shape index (κ1) is 9.25. The van der Waals surface area contributed by atoms with Gasteiger partial charge in [0.1, 0.15) is 0 Å². The monoisotopic (exact) mass is 188 g/mol. The van der Waals surface area contributed by atoms with Crippen molar-refractivity contribution in [2.24, 2.45) is 13.0 Å². The zero-order valence-electron chi connectivity index (χ0n) is 8.99. The Morgan fingerprint density at radius 3 is 2.86 bits per heavy atom. The summed E-state index contributed by atoms with van der Waals surface area (Å²) in [4.78, 5) is 0. The number of nitrogens with zero attached hydrogens (tertiary/aromatic N) is 2. The number of hydrogen-bond donors (Lipinski definition) is 0. The smallest absolute Gasteiger partial charge is 0.0681 e. The fourth-order valence-corrected chi connectivity index (χ4v) is 1.79. The molecule has 0 atom stereocenters. The molecular weight excluding hydrogens is 172 g/mol. The van der Waals surface area contributed by atoms with Crippen LogP contribution in [0.25, 0.3) is 10.9 Å². The van der Waals surface area contributed by atoms with Crippen molar-refractivity contribution < 1.29 is 0 Å². The van der Waals surface area contributed by atoms with Crippen molar-refractivity contribution in [3.05, 3.63) is 30.0 Å². The fraction of sp³-hybridized carbons (Fsp3) is 0.417. The van der Waals surface area contributed by atoms with Crippen LogP contribution in [0.4, 0.5) is 0 Å². The van der Waals surface area contributed by atoms with Crippen molar-refractivity contribution in [3.63, 3.8) is 0 Å². The zero-order valence-corrected chi connectivity index (χ0v) is 8.99. The standard InChI is InChI=1S/C12H16N2/c1-9(2)6-10-4-5-11-8-13-14(3)12(11)7-10/h4-5,7-9H,6H2,1-3H3. The molecule has 2 aromatic rings.